The Balaban J connectivity index is 2.07. The van der Waals surface area contributed by atoms with Crippen LogP contribution in [-0.4, -0.2) is 26.4 Å². The predicted octanol–water partition coefficient (Wildman–Crippen LogP) is 2.47. The highest BCUT2D eigenvalue weighted by molar-refractivity contribution is 7.89. The summed E-state index contributed by atoms with van der Waals surface area (Å²) in [5.74, 6) is -0.336. The maximum atomic E-state index is 12.5. The normalized spacial score (nSPS) is 12.1. The molecule has 0 radical (unpaired) electrons. The number of nitrogens with two attached hydrogens (primary N) is 1. The van der Waals surface area contributed by atoms with Gasteiger partial charge in [0, 0.05) is 29.1 Å². The van der Waals surface area contributed by atoms with Crippen LogP contribution < -0.4 is 15.8 Å². The average molecular weight is 396 g/mol. The molecule has 1 heterocycles. The van der Waals surface area contributed by atoms with Crippen molar-refractivity contribution in [2.75, 3.05) is 6.54 Å². The number of rotatable bonds is 9. The maximum Gasteiger partial charge on any atom is 0.251 e. The van der Waals surface area contributed by atoms with Crippen molar-refractivity contribution in [1.82, 2.24) is 10.0 Å². The van der Waals surface area contributed by atoms with Gasteiger partial charge in [-0.25, -0.2) is 13.1 Å². The van der Waals surface area contributed by atoms with E-state index in [1.807, 2.05) is 31.4 Å². The van der Waals surface area contributed by atoms with E-state index >= 15 is 0 Å². The van der Waals surface area contributed by atoms with E-state index in [1.165, 1.54) is 23.5 Å². The summed E-state index contributed by atoms with van der Waals surface area (Å²) >= 11 is 1.48. The summed E-state index contributed by atoms with van der Waals surface area (Å²) in [6, 6.07) is 9.72. The fourth-order valence-electron chi connectivity index (χ4n) is 2.33. The molecular weight excluding hydrogens is 370 g/mol. The van der Waals surface area contributed by atoms with Crippen molar-refractivity contribution in [2.45, 2.75) is 43.7 Å². The zero-order valence-electron chi connectivity index (χ0n) is 15.0. The van der Waals surface area contributed by atoms with E-state index in [-0.39, 0.29) is 17.3 Å². The first-order valence-electron chi connectivity index (χ1n) is 8.49. The monoisotopic (exact) mass is 395 g/mol. The van der Waals surface area contributed by atoms with Crippen LogP contribution in [0.15, 0.2) is 46.7 Å². The van der Waals surface area contributed by atoms with Gasteiger partial charge in [-0.1, -0.05) is 26.0 Å². The number of amides is 1. The van der Waals surface area contributed by atoms with Crippen LogP contribution in [0.2, 0.25) is 0 Å². The minimum atomic E-state index is -3.69. The minimum absolute atomic E-state index is 0.0618. The summed E-state index contributed by atoms with van der Waals surface area (Å²) in [7, 11) is -3.69. The molecule has 0 unspecified atom stereocenters. The van der Waals surface area contributed by atoms with Crippen molar-refractivity contribution in [1.29, 1.82) is 0 Å². The quantitative estimate of drug-likeness (QED) is 0.607. The maximum absolute atomic E-state index is 12.5. The van der Waals surface area contributed by atoms with Gasteiger partial charge in [-0.15, -0.1) is 11.3 Å². The Morgan fingerprint density at radius 3 is 2.54 bits per heavy atom. The number of hydrogen-bond donors (Lipinski definition) is 3. The lowest BCUT2D eigenvalue weighted by molar-refractivity contribution is 0.0942. The molecule has 2 rings (SSSR count). The summed E-state index contributed by atoms with van der Waals surface area (Å²) in [5, 5.41) is 4.68. The molecule has 0 aliphatic carbocycles. The first kappa shape index (κ1) is 20.6. The van der Waals surface area contributed by atoms with Crippen LogP contribution in [0.3, 0.4) is 0 Å². The van der Waals surface area contributed by atoms with Crippen LogP contribution in [0.5, 0.6) is 0 Å². The van der Waals surface area contributed by atoms with Crippen molar-refractivity contribution in [2.24, 2.45) is 5.73 Å². The van der Waals surface area contributed by atoms with Crippen LogP contribution in [0.1, 0.15) is 41.9 Å². The van der Waals surface area contributed by atoms with Crippen molar-refractivity contribution < 1.29 is 13.2 Å². The van der Waals surface area contributed by atoms with Crippen LogP contribution >= 0.6 is 11.3 Å². The summed E-state index contributed by atoms with van der Waals surface area (Å²) in [5.41, 5.74) is 6.02. The van der Waals surface area contributed by atoms with E-state index in [0.29, 0.717) is 12.1 Å². The van der Waals surface area contributed by atoms with Gasteiger partial charge in [0.05, 0.1) is 4.90 Å². The molecule has 0 aliphatic heterocycles. The third-order valence-corrected chi connectivity index (χ3v) is 6.71. The summed E-state index contributed by atoms with van der Waals surface area (Å²) in [6.45, 7) is 4.51. The molecule has 142 valence electrons. The Kier molecular flexibility index (Phi) is 6.94. The number of hydrogen-bond acceptors (Lipinski definition) is 5. The molecule has 4 N–H and O–H groups in total. The highest BCUT2D eigenvalue weighted by atomic mass is 32.2. The lowest BCUT2D eigenvalue weighted by Gasteiger charge is -2.26. The van der Waals surface area contributed by atoms with Crippen LogP contribution in [0, 0.1) is 0 Å². The number of carbonyl (C=O) groups excluding carboxylic acids is 1. The molecule has 8 heteroatoms. The van der Waals surface area contributed by atoms with Gasteiger partial charge in [0.2, 0.25) is 10.0 Å². The molecule has 0 saturated carbocycles. The van der Waals surface area contributed by atoms with Crippen molar-refractivity contribution in [3.05, 3.63) is 52.2 Å². The molecule has 6 nitrogen and oxygen atoms in total. The van der Waals surface area contributed by atoms with Crippen molar-refractivity contribution >= 4 is 27.3 Å². The highest BCUT2D eigenvalue weighted by Gasteiger charge is 2.22. The predicted molar refractivity (Wildman–Crippen MR) is 105 cm³/mol. The van der Waals surface area contributed by atoms with E-state index in [1.54, 1.807) is 12.1 Å². The second kappa shape index (κ2) is 8.77. The van der Waals surface area contributed by atoms with Gasteiger partial charge < -0.3 is 11.1 Å². The minimum Gasteiger partial charge on any atom is -0.350 e. The highest BCUT2D eigenvalue weighted by Crippen LogP contribution is 2.15. The molecule has 0 bridgehead atoms. The third kappa shape index (κ3) is 5.38. The van der Waals surface area contributed by atoms with Crippen molar-refractivity contribution in [3.63, 3.8) is 0 Å². The molecule has 0 aliphatic rings. The molecule has 0 fully saturated rings. The zero-order chi connectivity index (χ0) is 19.2. The molecule has 0 spiro atoms. The van der Waals surface area contributed by atoms with E-state index in [0.717, 1.165) is 17.7 Å². The molecular formula is C18H25N3O3S2. The third-order valence-electron chi connectivity index (χ3n) is 4.43. The number of thiophene rings is 1. The Hall–Kier alpha value is -1.74. The molecule has 1 aromatic carbocycles. The fourth-order valence-corrected chi connectivity index (χ4v) is 4.11. The molecule has 2 aromatic rings. The molecule has 0 atom stereocenters. The Labute approximate surface area is 158 Å². The van der Waals surface area contributed by atoms with Gasteiger partial charge in [0.15, 0.2) is 0 Å². The zero-order valence-corrected chi connectivity index (χ0v) is 16.6. The van der Waals surface area contributed by atoms with Crippen LogP contribution in [0.25, 0.3) is 0 Å². The lowest BCUT2D eigenvalue weighted by atomic mass is 9.94. The average Bonchev–Trinajstić information content (AvgIpc) is 3.18. The Bertz CT molecular complexity index is 829. The van der Waals surface area contributed by atoms with E-state index in [4.69, 9.17) is 5.73 Å². The lowest BCUT2D eigenvalue weighted by Crippen LogP contribution is -2.49. The van der Waals surface area contributed by atoms with Crippen molar-refractivity contribution in [3.8, 4) is 0 Å². The summed E-state index contributed by atoms with van der Waals surface area (Å²) in [6.07, 6.45) is 1.48. The summed E-state index contributed by atoms with van der Waals surface area (Å²) < 4.78 is 27.5. The van der Waals surface area contributed by atoms with Gasteiger partial charge in [0.1, 0.15) is 0 Å². The number of nitrogens with one attached hydrogen (secondary N) is 2. The van der Waals surface area contributed by atoms with E-state index < -0.39 is 15.6 Å². The number of carbonyl (C=O) groups is 1. The molecule has 1 amide bonds. The van der Waals surface area contributed by atoms with E-state index in [9.17, 15) is 13.2 Å². The number of benzene rings is 1. The molecule has 1 aromatic heterocycles. The number of sulfonamides is 1. The molecule has 26 heavy (non-hydrogen) atoms. The summed E-state index contributed by atoms with van der Waals surface area (Å²) in [4.78, 5) is 13.3. The largest absolute Gasteiger partial charge is 0.350 e. The fraction of sp³-hybridized carbons (Fsp3) is 0.389. The van der Waals surface area contributed by atoms with E-state index in [2.05, 4.69) is 10.0 Å². The second-order valence-electron chi connectivity index (χ2n) is 6.18. The van der Waals surface area contributed by atoms with Crippen LogP contribution in [-0.2, 0) is 16.6 Å². The Morgan fingerprint density at radius 2 is 1.92 bits per heavy atom. The first-order valence-corrected chi connectivity index (χ1v) is 10.8. The van der Waals surface area contributed by atoms with Gasteiger partial charge in [-0.2, -0.15) is 0 Å². The smallest absolute Gasteiger partial charge is 0.251 e. The topological polar surface area (TPSA) is 101 Å². The Morgan fingerprint density at radius 1 is 1.19 bits per heavy atom. The van der Waals surface area contributed by atoms with Crippen LogP contribution in [0.4, 0.5) is 0 Å². The van der Waals surface area contributed by atoms with Gasteiger partial charge >= 0.3 is 0 Å². The standard InChI is InChI=1S/C18H25N3O3S2/c1-3-18(19,4-2)13-20-17(22)14-7-5-9-16(11-14)26(23,24)21-12-15-8-6-10-25-15/h5-11,21H,3-4,12-13,19H2,1-2H3,(H,20,22). The second-order valence-corrected chi connectivity index (χ2v) is 8.98. The molecule has 0 saturated heterocycles. The van der Waals surface area contributed by atoms with Gasteiger partial charge in [-0.05, 0) is 42.5 Å². The SMILES string of the molecule is CCC(N)(CC)CNC(=O)c1cccc(S(=O)(=O)NCc2cccs2)c1. The van der Waals surface area contributed by atoms with Gasteiger partial charge in [0.25, 0.3) is 5.91 Å². The van der Waals surface area contributed by atoms with Gasteiger partial charge in [-0.3, -0.25) is 4.79 Å². The first-order chi connectivity index (χ1) is 12.3.